The molecular weight excluding hydrogens is 474 g/mol. The molecule has 1 saturated heterocycles. The number of hydrogen-bond donors (Lipinski definition) is 0. The smallest absolute Gasteiger partial charge is 0.279 e. The van der Waals surface area contributed by atoms with Crippen molar-refractivity contribution in [3.8, 4) is 5.75 Å². The molecule has 0 N–H and O–H groups in total. The summed E-state index contributed by atoms with van der Waals surface area (Å²) in [6.07, 6.45) is 0.549. The Labute approximate surface area is 203 Å². The lowest BCUT2D eigenvalue weighted by Gasteiger charge is -2.34. The van der Waals surface area contributed by atoms with Crippen molar-refractivity contribution < 1.29 is 22.7 Å². The SMILES string of the molecule is CCCn1c(=NC(=O)c2ccc(S(=O)(=O)N3CC(C)OC(C)C3)cc2)sc2cc(OC)ccc21. The van der Waals surface area contributed by atoms with Crippen molar-refractivity contribution in [2.24, 2.45) is 4.99 Å². The molecule has 1 aromatic heterocycles. The molecule has 34 heavy (non-hydrogen) atoms. The Morgan fingerprint density at radius 2 is 1.82 bits per heavy atom. The molecule has 182 valence electrons. The zero-order valence-corrected chi connectivity index (χ0v) is 21.4. The minimum Gasteiger partial charge on any atom is -0.497 e. The molecule has 3 aromatic rings. The third-order valence-electron chi connectivity index (χ3n) is 5.66. The fourth-order valence-corrected chi connectivity index (χ4v) is 6.78. The normalized spacial score (nSPS) is 20.1. The van der Waals surface area contributed by atoms with Crippen LogP contribution in [0.3, 0.4) is 0 Å². The first kappa shape index (κ1) is 24.6. The van der Waals surface area contributed by atoms with Crippen LogP contribution >= 0.6 is 11.3 Å². The topological polar surface area (TPSA) is 90.2 Å². The number of rotatable bonds is 6. The maximum Gasteiger partial charge on any atom is 0.279 e. The minimum absolute atomic E-state index is 0.153. The predicted octanol–water partition coefficient (Wildman–Crippen LogP) is 3.66. The molecule has 2 heterocycles. The molecule has 1 amide bonds. The molecule has 4 rings (SSSR count). The number of amides is 1. The average Bonchev–Trinajstić information content (AvgIpc) is 3.14. The first-order valence-electron chi connectivity index (χ1n) is 11.2. The quantitative estimate of drug-likeness (QED) is 0.512. The van der Waals surface area contributed by atoms with Crippen LogP contribution in [-0.2, 0) is 21.3 Å². The molecule has 2 atom stereocenters. The number of aromatic nitrogens is 1. The zero-order chi connectivity index (χ0) is 24.5. The van der Waals surface area contributed by atoms with Crippen LogP contribution < -0.4 is 9.54 Å². The lowest BCUT2D eigenvalue weighted by molar-refractivity contribution is -0.0440. The summed E-state index contributed by atoms with van der Waals surface area (Å²) in [5.41, 5.74) is 1.33. The molecular formula is C24H29N3O5S2. The highest BCUT2D eigenvalue weighted by Gasteiger charge is 2.32. The number of carbonyl (C=O) groups is 1. The average molecular weight is 504 g/mol. The van der Waals surface area contributed by atoms with Crippen molar-refractivity contribution in [2.75, 3.05) is 20.2 Å². The van der Waals surface area contributed by atoms with Gasteiger partial charge in [-0.15, -0.1) is 0 Å². The van der Waals surface area contributed by atoms with Gasteiger partial charge in [0.1, 0.15) is 5.75 Å². The molecule has 2 unspecified atom stereocenters. The van der Waals surface area contributed by atoms with Gasteiger partial charge in [0, 0.05) is 25.2 Å². The van der Waals surface area contributed by atoms with E-state index < -0.39 is 15.9 Å². The second-order valence-electron chi connectivity index (χ2n) is 8.39. The van der Waals surface area contributed by atoms with Gasteiger partial charge in [0.15, 0.2) is 4.80 Å². The third-order valence-corrected chi connectivity index (χ3v) is 8.55. The monoisotopic (exact) mass is 503 g/mol. The highest BCUT2D eigenvalue weighted by atomic mass is 32.2. The fraction of sp³-hybridized carbons (Fsp3) is 0.417. The van der Waals surface area contributed by atoms with Crippen molar-refractivity contribution in [1.82, 2.24) is 8.87 Å². The number of fused-ring (bicyclic) bond motifs is 1. The minimum atomic E-state index is -3.67. The lowest BCUT2D eigenvalue weighted by atomic mass is 10.2. The Kier molecular flexibility index (Phi) is 7.22. The maximum absolute atomic E-state index is 13.1. The number of sulfonamides is 1. The Bertz CT molecular complexity index is 1350. The van der Waals surface area contributed by atoms with Gasteiger partial charge < -0.3 is 14.0 Å². The van der Waals surface area contributed by atoms with Gasteiger partial charge in [0.05, 0.1) is 34.4 Å². The summed E-state index contributed by atoms with van der Waals surface area (Å²) >= 11 is 1.42. The highest BCUT2D eigenvalue weighted by molar-refractivity contribution is 7.89. The van der Waals surface area contributed by atoms with E-state index in [2.05, 4.69) is 11.9 Å². The molecule has 10 heteroatoms. The van der Waals surface area contributed by atoms with E-state index in [1.165, 1.54) is 39.9 Å². The second-order valence-corrected chi connectivity index (χ2v) is 11.3. The van der Waals surface area contributed by atoms with Crippen molar-refractivity contribution in [1.29, 1.82) is 0 Å². The zero-order valence-electron chi connectivity index (χ0n) is 19.7. The first-order chi connectivity index (χ1) is 16.2. The summed E-state index contributed by atoms with van der Waals surface area (Å²) in [7, 11) is -2.05. The lowest BCUT2D eigenvalue weighted by Crippen LogP contribution is -2.48. The van der Waals surface area contributed by atoms with Crippen molar-refractivity contribution in [3.63, 3.8) is 0 Å². The third kappa shape index (κ3) is 4.95. The molecule has 0 saturated carbocycles. The van der Waals surface area contributed by atoms with Crippen LogP contribution in [0, 0.1) is 0 Å². The second kappa shape index (κ2) is 9.99. The van der Waals surface area contributed by atoms with Crippen LogP contribution in [0.4, 0.5) is 0 Å². The van der Waals surface area contributed by atoms with Crippen molar-refractivity contribution in [3.05, 3.63) is 52.8 Å². The fourth-order valence-electron chi connectivity index (χ4n) is 4.10. The van der Waals surface area contributed by atoms with Crippen LogP contribution in [0.2, 0.25) is 0 Å². The van der Waals surface area contributed by atoms with E-state index in [1.54, 1.807) is 7.11 Å². The molecule has 1 aliphatic rings. The summed E-state index contributed by atoms with van der Waals surface area (Å²) in [6, 6.07) is 11.8. The van der Waals surface area contributed by atoms with Crippen LogP contribution in [0.5, 0.6) is 5.75 Å². The number of morpholine rings is 1. The molecule has 8 nitrogen and oxygen atoms in total. The van der Waals surface area contributed by atoms with Gasteiger partial charge in [-0.1, -0.05) is 18.3 Å². The van der Waals surface area contributed by atoms with E-state index in [0.717, 1.165) is 28.9 Å². The summed E-state index contributed by atoms with van der Waals surface area (Å²) in [5, 5.41) is 0. The molecule has 0 spiro atoms. The van der Waals surface area contributed by atoms with Gasteiger partial charge in [-0.2, -0.15) is 9.30 Å². The van der Waals surface area contributed by atoms with Crippen LogP contribution in [0.25, 0.3) is 10.2 Å². The summed E-state index contributed by atoms with van der Waals surface area (Å²) < 4.78 is 41.5. The first-order valence-corrected chi connectivity index (χ1v) is 13.5. The van der Waals surface area contributed by atoms with Gasteiger partial charge in [-0.3, -0.25) is 4.79 Å². The van der Waals surface area contributed by atoms with E-state index in [1.807, 2.05) is 36.6 Å². The Morgan fingerprint density at radius 3 is 2.44 bits per heavy atom. The number of thiazole rings is 1. The molecule has 0 radical (unpaired) electrons. The van der Waals surface area contributed by atoms with Gasteiger partial charge in [0.2, 0.25) is 10.0 Å². The Balaban J connectivity index is 1.63. The van der Waals surface area contributed by atoms with Gasteiger partial charge in [-0.05, 0) is 62.7 Å². The van der Waals surface area contributed by atoms with E-state index in [9.17, 15) is 13.2 Å². The number of nitrogens with zero attached hydrogens (tertiary/aromatic N) is 3. The highest BCUT2D eigenvalue weighted by Crippen LogP contribution is 2.24. The summed E-state index contributed by atoms with van der Waals surface area (Å²) in [5.74, 6) is 0.331. The van der Waals surface area contributed by atoms with Gasteiger partial charge in [-0.25, -0.2) is 8.42 Å². The van der Waals surface area contributed by atoms with Crippen LogP contribution in [0.1, 0.15) is 37.6 Å². The van der Waals surface area contributed by atoms with E-state index >= 15 is 0 Å². The Hall–Kier alpha value is -2.53. The molecule has 2 aromatic carbocycles. The number of ether oxygens (including phenoxy) is 2. The van der Waals surface area contributed by atoms with Gasteiger partial charge in [0.25, 0.3) is 5.91 Å². The van der Waals surface area contributed by atoms with Crippen molar-refractivity contribution >= 4 is 37.5 Å². The maximum atomic E-state index is 13.1. The summed E-state index contributed by atoms with van der Waals surface area (Å²) in [4.78, 5) is 18.1. The number of carbonyl (C=O) groups excluding carboxylic acids is 1. The van der Waals surface area contributed by atoms with Crippen LogP contribution in [0.15, 0.2) is 52.4 Å². The van der Waals surface area contributed by atoms with E-state index in [-0.39, 0.29) is 17.1 Å². The van der Waals surface area contributed by atoms with E-state index in [0.29, 0.717) is 23.5 Å². The number of aryl methyl sites for hydroxylation is 1. The molecule has 1 aliphatic heterocycles. The van der Waals surface area contributed by atoms with Gasteiger partial charge >= 0.3 is 0 Å². The number of methoxy groups -OCH3 is 1. The van der Waals surface area contributed by atoms with Crippen molar-refractivity contribution in [2.45, 2.75) is 50.8 Å². The predicted molar refractivity (Wildman–Crippen MR) is 132 cm³/mol. The molecule has 1 fully saturated rings. The largest absolute Gasteiger partial charge is 0.497 e. The standard InChI is InChI=1S/C24H29N3O5S2/c1-5-12-27-21-11-8-19(31-4)13-22(21)33-24(27)25-23(28)18-6-9-20(10-7-18)34(29,30)26-14-16(2)32-17(3)15-26/h6-11,13,16-17H,5,12,14-15H2,1-4H3. The van der Waals surface area contributed by atoms with E-state index in [4.69, 9.17) is 9.47 Å². The molecule has 0 aliphatic carbocycles. The number of hydrogen-bond acceptors (Lipinski definition) is 6. The van der Waals surface area contributed by atoms with Crippen LogP contribution in [-0.4, -0.2) is 55.6 Å². The Morgan fingerprint density at radius 1 is 1.15 bits per heavy atom. The summed E-state index contributed by atoms with van der Waals surface area (Å²) in [6.45, 7) is 7.12. The molecule has 0 bridgehead atoms. The number of benzene rings is 2.